The standard InChI is InChI=1S/C16H29NO3/c1-6-11-7-12(13(8-11)15(19)20)14(18)17-9-10(2)16(3,4)5/h10-13H,6-9H2,1-5H3,(H,17,18)(H,19,20). The van der Waals surface area contributed by atoms with Gasteiger partial charge in [0.15, 0.2) is 0 Å². The molecule has 1 fully saturated rings. The first-order chi connectivity index (χ1) is 9.16. The lowest BCUT2D eigenvalue weighted by Gasteiger charge is -2.28. The summed E-state index contributed by atoms with van der Waals surface area (Å²) >= 11 is 0. The van der Waals surface area contributed by atoms with Gasteiger partial charge in [0.2, 0.25) is 5.91 Å². The molecular formula is C16H29NO3. The van der Waals surface area contributed by atoms with Gasteiger partial charge >= 0.3 is 5.97 Å². The Morgan fingerprint density at radius 3 is 2.25 bits per heavy atom. The molecular weight excluding hydrogens is 254 g/mol. The Bertz CT molecular complexity index is 359. The Morgan fingerprint density at radius 2 is 1.80 bits per heavy atom. The zero-order chi connectivity index (χ0) is 15.5. The Hall–Kier alpha value is -1.06. The van der Waals surface area contributed by atoms with E-state index in [1.807, 2.05) is 0 Å². The van der Waals surface area contributed by atoms with Crippen molar-refractivity contribution in [1.29, 1.82) is 0 Å². The lowest BCUT2D eigenvalue weighted by Crippen LogP contribution is -2.39. The number of rotatable bonds is 5. The molecule has 0 aromatic heterocycles. The molecule has 0 aromatic carbocycles. The molecule has 1 rings (SSSR count). The molecule has 20 heavy (non-hydrogen) atoms. The molecule has 0 heterocycles. The molecule has 1 saturated carbocycles. The van der Waals surface area contributed by atoms with Crippen molar-refractivity contribution in [3.63, 3.8) is 0 Å². The second-order valence-electron chi connectivity index (χ2n) is 7.31. The monoisotopic (exact) mass is 283 g/mol. The lowest BCUT2D eigenvalue weighted by molar-refractivity contribution is -0.146. The molecule has 1 aliphatic rings. The van der Waals surface area contributed by atoms with Crippen LogP contribution in [-0.2, 0) is 9.59 Å². The lowest BCUT2D eigenvalue weighted by atomic mass is 9.82. The summed E-state index contributed by atoms with van der Waals surface area (Å²) in [7, 11) is 0. The maximum absolute atomic E-state index is 12.3. The van der Waals surface area contributed by atoms with Crippen molar-refractivity contribution in [3.8, 4) is 0 Å². The highest BCUT2D eigenvalue weighted by atomic mass is 16.4. The zero-order valence-electron chi connectivity index (χ0n) is 13.4. The van der Waals surface area contributed by atoms with Gasteiger partial charge < -0.3 is 10.4 Å². The van der Waals surface area contributed by atoms with E-state index in [9.17, 15) is 14.7 Å². The van der Waals surface area contributed by atoms with Crippen LogP contribution >= 0.6 is 0 Å². The maximum Gasteiger partial charge on any atom is 0.307 e. The number of nitrogens with one attached hydrogen (secondary N) is 1. The zero-order valence-corrected chi connectivity index (χ0v) is 13.4. The molecule has 4 nitrogen and oxygen atoms in total. The van der Waals surface area contributed by atoms with Gasteiger partial charge in [-0.05, 0) is 30.1 Å². The predicted octanol–water partition coefficient (Wildman–Crippen LogP) is 2.92. The minimum atomic E-state index is -0.829. The minimum absolute atomic E-state index is 0.0792. The first-order valence-electron chi connectivity index (χ1n) is 7.67. The smallest absolute Gasteiger partial charge is 0.307 e. The third-order valence-corrected chi connectivity index (χ3v) is 4.95. The minimum Gasteiger partial charge on any atom is -0.481 e. The molecule has 116 valence electrons. The second kappa shape index (κ2) is 6.59. The van der Waals surface area contributed by atoms with Gasteiger partial charge in [0.1, 0.15) is 0 Å². The van der Waals surface area contributed by atoms with Crippen LogP contribution in [0.15, 0.2) is 0 Å². The number of hydrogen-bond donors (Lipinski definition) is 2. The van der Waals surface area contributed by atoms with Crippen molar-refractivity contribution < 1.29 is 14.7 Å². The van der Waals surface area contributed by atoms with Crippen LogP contribution in [0.1, 0.15) is 53.9 Å². The topological polar surface area (TPSA) is 66.4 Å². The number of carboxylic acids is 1. The van der Waals surface area contributed by atoms with Crippen LogP contribution in [0.2, 0.25) is 0 Å². The van der Waals surface area contributed by atoms with Crippen LogP contribution in [0.25, 0.3) is 0 Å². The van der Waals surface area contributed by atoms with Gasteiger partial charge in [-0.1, -0.05) is 41.0 Å². The molecule has 0 aromatic rings. The fourth-order valence-electron chi connectivity index (χ4n) is 2.73. The SMILES string of the molecule is CCC1CC(C(=O)O)C(C(=O)NCC(C)C(C)(C)C)C1. The molecule has 0 spiro atoms. The van der Waals surface area contributed by atoms with Crippen molar-refractivity contribution in [3.05, 3.63) is 0 Å². The molecule has 4 atom stereocenters. The fraction of sp³-hybridized carbons (Fsp3) is 0.875. The van der Waals surface area contributed by atoms with Gasteiger partial charge in [0.05, 0.1) is 11.8 Å². The van der Waals surface area contributed by atoms with E-state index in [0.717, 1.165) is 6.42 Å². The molecule has 0 aliphatic heterocycles. The molecule has 4 unspecified atom stereocenters. The summed E-state index contributed by atoms with van der Waals surface area (Å²) in [4.78, 5) is 23.6. The summed E-state index contributed by atoms with van der Waals surface area (Å²) in [5.41, 5.74) is 0.140. The molecule has 1 aliphatic carbocycles. The first kappa shape index (κ1) is 17.0. The van der Waals surface area contributed by atoms with Crippen molar-refractivity contribution >= 4 is 11.9 Å². The van der Waals surface area contributed by atoms with E-state index in [1.165, 1.54) is 0 Å². The van der Waals surface area contributed by atoms with E-state index in [0.29, 0.717) is 31.2 Å². The van der Waals surface area contributed by atoms with Gasteiger partial charge in [-0.2, -0.15) is 0 Å². The average Bonchev–Trinajstić information content (AvgIpc) is 2.78. The largest absolute Gasteiger partial charge is 0.481 e. The number of amides is 1. The van der Waals surface area contributed by atoms with E-state index in [1.54, 1.807) is 0 Å². The number of carboxylic acid groups (broad SMARTS) is 1. The summed E-state index contributed by atoms with van der Waals surface area (Å²) in [6, 6.07) is 0. The Balaban J connectivity index is 2.59. The number of hydrogen-bond acceptors (Lipinski definition) is 2. The van der Waals surface area contributed by atoms with Crippen molar-refractivity contribution in [1.82, 2.24) is 5.32 Å². The Kier molecular flexibility index (Phi) is 5.60. The van der Waals surface area contributed by atoms with Crippen molar-refractivity contribution in [2.45, 2.75) is 53.9 Å². The third-order valence-electron chi connectivity index (χ3n) is 4.95. The van der Waals surface area contributed by atoms with Crippen LogP contribution in [0, 0.1) is 29.1 Å². The maximum atomic E-state index is 12.3. The Labute approximate surface area is 122 Å². The molecule has 1 amide bonds. The van der Waals surface area contributed by atoms with Crippen LogP contribution in [0.4, 0.5) is 0 Å². The Morgan fingerprint density at radius 1 is 1.25 bits per heavy atom. The highest BCUT2D eigenvalue weighted by Crippen LogP contribution is 2.38. The van der Waals surface area contributed by atoms with E-state index in [4.69, 9.17) is 0 Å². The van der Waals surface area contributed by atoms with Crippen LogP contribution < -0.4 is 5.32 Å². The van der Waals surface area contributed by atoms with Gasteiger partial charge in [-0.15, -0.1) is 0 Å². The van der Waals surface area contributed by atoms with Gasteiger partial charge in [0.25, 0.3) is 0 Å². The fourth-order valence-corrected chi connectivity index (χ4v) is 2.73. The molecule has 0 saturated heterocycles. The summed E-state index contributed by atoms with van der Waals surface area (Å²) in [5.74, 6) is -1.05. The van der Waals surface area contributed by atoms with E-state index >= 15 is 0 Å². The van der Waals surface area contributed by atoms with E-state index in [2.05, 4.69) is 39.9 Å². The van der Waals surface area contributed by atoms with Crippen LogP contribution in [-0.4, -0.2) is 23.5 Å². The molecule has 0 radical (unpaired) electrons. The van der Waals surface area contributed by atoms with E-state index < -0.39 is 11.9 Å². The predicted molar refractivity (Wildman–Crippen MR) is 79.3 cm³/mol. The summed E-state index contributed by atoms with van der Waals surface area (Å²) in [5, 5.41) is 12.2. The number of aliphatic carboxylic acids is 1. The van der Waals surface area contributed by atoms with Gasteiger partial charge in [-0.3, -0.25) is 9.59 Å². The quantitative estimate of drug-likeness (QED) is 0.815. The van der Waals surface area contributed by atoms with Crippen LogP contribution in [0.3, 0.4) is 0 Å². The summed E-state index contributed by atoms with van der Waals surface area (Å²) < 4.78 is 0. The third kappa shape index (κ3) is 4.22. The normalized spacial score (nSPS) is 28.1. The highest BCUT2D eigenvalue weighted by molar-refractivity contribution is 5.85. The van der Waals surface area contributed by atoms with Crippen LogP contribution in [0.5, 0.6) is 0 Å². The van der Waals surface area contributed by atoms with Gasteiger partial charge in [0, 0.05) is 6.54 Å². The molecule has 2 N–H and O–H groups in total. The highest BCUT2D eigenvalue weighted by Gasteiger charge is 2.42. The average molecular weight is 283 g/mol. The number of carbonyl (C=O) groups excluding carboxylic acids is 1. The van der Waals surface area contributed by atoms with Gasteiger partial charge in [-0.25, -0.2) is 0 Å². The molecule has 0 bridgehead atoms. The van der Waals surface area contributed by atoms with Crippen molar-refractivity contribution in [2.24, 2.45) is 29.1 Å². The molecule has 4 heteroatoms. The summed E-state index contributed by atoms with van der Waals surface area (Å²) in [6.45, 7) is 11.2. The van der Waals surface area contributed by atoms with E-state index in [-0.39, 0.29) is 17.2 Å². The summed E-state index contributed by atoms with van der Waals surface area (Å²) in [6.07, 6.45) is 2.30. The number of carbonyl (C=O) groups is 2. The van der Waals surface area contributed by atoms with Crippen molar-refractivity contribution in [2.75, 3.05) is 6.54 Å². The first-order valence-corrected chi connectivity index (χ1v) is 7.67. The second-order valence-corrected chi connectivity index (χ2v) is 7.31.